The number of rotatable bonds is 1. The number of hydrogen-bond acceptors (Lipinski definition) is 6. The van der Waals surface area contributed by atoms with Gasteiger partial charge in [-0.3, -0.25) is 9.88 Å². The molecule has 2 N–H and O–H groups in total. The number of aryl methyl sites for hydroxylation is 1. The molecule has 6 nitrogen and oxygen atoms in total. The molecule has 6 rings (SSSR count). The SMILES string of the molecule is Cc1ccnc2c1N1C(=CC2C)N=C(N2CCC(N)CC2)c2cc(F)c(-c3ccccc3F)nc21. The van der Waals surface area contributed by atoms with Crippen LogP contribution in [0.5, 0.6) is 0 Å². The van der Waals surface area contributed by atoms with E-state index < -0.39 is 11.6 Å². The van der Waals surface area contributed by atoms with E-state index in [-0.39, 0.29) is 23.2 Å². The molecule has 2 aromatic heterocycles. The van der Waals surface area contributed by atoms with Crippen molar-refractivity contribution in [2.75, 3.05) is 18.0 Å². The van der Waals surface area contributed by atoms with E-state index in [1.807, 2.05) is 17.9 Å². The summed E-state index contributed by atoms with van der Waals surface area (Å²) in [7, 11) is 0. The van der Waals surface area contributed by atoms with Gasteiger partial charge in [0.2, 0.25) is 0 Å². The van der Waals surface area contributed by atoms with Crippen LogP contribution in [0.25, 0.3) is 11.3 Å². The number of nitrogens with two attached hydrogens (primary N) is 1. The van der Waals surface area contributed by atoms with Crippen molar-refractivity contribution in [3.8, 4) is 11.3 Å². The third-order valence-corrected chi connectivity index (χ3v) is 7.03. The molecule has 0 bridgehead atoms. The molecule has 3 aliphatic heterocycles. The number of likely N-dealkylation sites (tertiary alicyclic amines) is 1. The van der Waals surface area contributed by atoms with Crippen LogP contribution in [0.1, 0.15) is 42.5 Å². The molecule has 3 aromatic rings. The topological polar surface area (TPSA) is 70.6 Å². The molecule has 1 atom stereocenters. The van der Waals surface area contributed by atoms with Gasteiger partial charge in [-0.15, -0.1) is 0 Å². The molecule has 1 unspecified atom stereocenters. The highest BCUT2D eigenvalue weighted by atomic mass is 19.1. The highest BCUT2D eigenvalue weighted by Crippen LogP contribution is 2.46. The number of amidine groups is 1. The first-order valence-corrected chi connectivity index (χ1v) is 11.9. The van der Waals surface area contributed by atoms with E-state index in [0.717, 1.165) is 48.7 Å². The number of aromatic nitrogens is 2. The van der Waals surface area contributed by atoms with Gasteiger partial charge in [0.05, 0.1) is 16.9 Å². The summed E-state index contributed by atoms with van der Waals surface area (Å²) >= 11 is 0. The van der Waals surface area contributed by atoms with E-state index in [4.69, 9.17) is 15.7 Å². The lowest BCUT2D eigenvalue weighted by molar-refractivity contribution is 0.313. The van der Waals surface area contributed by atoms with Crippen molar-refractivity contribution >= 4 is 17.3 Å². The minimum Gasteiger partial charge on any atom is -0.356 e. The Morgan fingerprint density at radius 3 is 2.57 bits per heavy atom. The number of fused-ring (bicyclic) bond motifs is 5. The van der Waals surface area contributed by atoms with Crippen molar-refractivity contribution in [3.05, 3.63) is 82.9 Å². The molecule has 1 aromatic carbocycles. The third kappa shape index (κ3) is 3.51. The number of aliphatic imine (C=N–C) groups is 1. The van der Waals surface area contributed by atoms with Crippen LogP contribution < -0.4 is 10.6 Å². The Balaban J connectivity index is 1.60. The molecule has 1 saturated heterocycles. The van der Waals surface area contributed by atoms with Crippen molar-refractivity contribution in [1.82, 2.24) is 14.9 Å². The van der Waals surface area contributed by atoms with E-state index in [2.05, 4.69) is 22.9 Å². The molecule has 8 heteroatoms. The number of pyridine rings is 2. The minimum atomic E-state index is -0.587. The number of halogens is 2. The number of hydrogen-bond donors (Lipinski definition) is 1. The summed E-state index contributed by atoms with van der Waals surface area (Å²) in [5.74, 6) is 0.866. The Bertz CT molecular complexity index is 1390. The number of nitrogens with zero attached hydrogens (tertiary/aromatic N) is 5. The lowest BCUT2D eigenvalue weighted by atomic mass is 9.95. The van der Waals surface area contributed by atoms with Crippen molar-refractivity contribution in [1.29, 1.82) is 0 Å². The maximum absolute atomic E-state index is 15.5. The number of anilines is 2. The van der Waals surface area contributed by atoms with Gasteiger partial charge in [-0.25, -0.2) is 18.8 Å². The smallest absolute Gasteiger partial charge is 0.150 e. The minimum absolute atomic E-state index is 0.0233. The average molecular weight is 473 g/mol. The quantitative estimate of drug-likeness (QED) is 0.539. The van der Waals surface area contributed by atoms with Crippen LogP contribution in [0, 0.1) is 18.6 Å². The molecule has 3 aliphatic rings. The lowest BCUT2D eigenvalue weighted by Gasteiger charge is -2.40. The summed E-state index contributed by atoms with van der Waals surface area (Å²) in [6, 6.07) is 9.67. The zero-order valence-electron chi connectivity index (χ0n) is 19.7. The Kier molecular flexibility index (Phi) is 5.14. The number of benzene rings is 1. The molecule has 35 heavy (non-hydrogen) atoms. The van der Waals surface area contributed by atoms with Gasteiger partial charge >= 0.3 is 0 Å². The van der Waals surface area contributed by atoms with Gasteiger partial charge in [-0.05, 0) is 55.7 Å². The Hall–Kier alpha value is -3.65. The molecule has 0 spiro atoms. The highest BCUT2D eigenvalue weighted by Gasteiger charge is 2.37. The van der Waals surface area contributed by atoms with Crippen molar-refractivity contribution in [3.63, 3.8) is 0 Å². The van der Waals surface area contributed by atoms with E-state index in [1.54, 1.807) is 24.4 Å². The van der Waals surface area contributed by atoms with E-state index in [1.165, 1.54) is 12.1 Å². The summed E-state index contributed by atoms with van der Waals surface area (Å²) in [5.41, 5.74) is 9.63. The Morgan fingerprint density at radius 1 is 1.03 bits per heavy atom. The van der Waals surface area contributed by atoms with Crippen LogP contribution in [0.15, 0.2) is 59.5 Å². The van der Waals surface area contributed by atoms with E-state index in [9.17, 15) is 4.39 Å². The first-order valence-electron chi connectivity index (χ1n) is 11.9. The maximum Gasteiger partial charge on any atom is 0.150 e. The summed E-state index contributed by atoms with van der Waals surface area (Å²) in [5, 5.41) is 0. The molecule has 0 saturated carbocycles. The van der Waals surface area contributed by atoms with Gasteiger partial charge in [0.1, 0.15) is 29.0 Å². The van der Waals surface area contributed by atoms with Gasteiger partial charge < -0.3 is 10.6 Å². The summed E-state index contributed by atoms with van der Waals surface area (Å²) < 4.78 is 30.2. The van der Waals surface area contributed by atoms with Gasteiger partial charge in [0, 0.05) is 36.8 Å². The van der Waals surface area contributed by atoms with Gasteiger partial charge in [-0.1, -0.05) is 19.1 Å². The summed E-state index contributed by atoms with van der Waals surface area (Å²) in [6.07, 6.45) is 5.52. The zero-order valence-corrected chi connectivity index (χ0v) is 19.7. The van der Waals surface area contributed by atoms with Crippen LogP contribution >= 0.6 is 0 Å². The first-order chi connectivity index (χ1) is 16.9. The predicted octanol–water partition coefficient (Wildman–Crippen LogP) is 5.01. The van der Waals surface area contributed by atoms with Gasteiger partial charge in [0.25, 0.3) is 0 Å². The fraction of sp³-hybridized carbons (Fsp3) is 0.296. The molecule has 1 fully saturated rings. The Morgan fingerprint density at radius 2 is 1.80 bits per heavy atom. The third-order valence-electron chi connectivity index (χ3n) is 7.03. The monoisotopic (exact) mass is 472 g/mol. The molecule has 0 amide bonds. The molecule has 0 aliphatic carbocycles. The van der Waals surface area contributed by atoms with Crippen molar-refractivity contribution in [2.24, 2.45) is 10.7 Å². The normalized spacial score (nSPS) is 19.5. The largest absolute Gasteiger partial charge is 0.356 e. The van der Waals surface area contributed by atoms with Gasteiger partial charge in [-0.2, -0.15) is 0 Å². The fourth-order valence-corrected chi connectivity index (χ4v) is 5.17. The van der Waals surface area contributed by atoms with Crippen LogP contribution in [0.4, 0.5) is 20.3 Å². The number of allylic oxidation sites excluding steroid dienone is 1. The van der Waals surface area contributed by atoms with Crippen LogP contribution in [-0.2, 0) is 0 Å². The second kappa shape index (κ2) is 8.23. The van der Waals surface area contributed by atoms with E-state index in [0.29, 0.717) is 17.2 Å². The fourth-order valence-electron chi connectivity index (χ4n) is 5.17. The van der Waals surface area contributed by atoms with E-state index >= 15 is 4.39 Å². The standard InChI is InChI=1S/C27H26F2N6/c1-15-7-10-31-23-16(2)13-22-32-26(34-11-8-17(30)9-12-34)19-14-21(29)24(18-5-3-4-6-20(18)28)33-27(19)35(22)25(15)23/h3-7,10,13-14,16-17H,8-9,11-12,30H2,1-2H3. The highest BCUT2D eigenvalue weighted by molar-refractivity contribution is 6.07. The Labute approximate surface area is 202 Å². The molecular formula is C27H26F2N6. The zero-order chi connectivity index (χ0) is 24.3. The van der Waals surface area contributed by atoms with Crippen LogP contribution in [0.2, 0.25) is 0 Å². The van der Waals surface area contributed by atoms with Crippen molar-refractivity contribution < 1.29 is 8.78 Å². The summed E-state index contributed by atoms with van der Waals surface area (Å²) in [6.45, 7) is 5.57. The van der Waals surface area contributed by atoms with Crippen LogP contribution in [-0.4, -0.2) is 39.8 Å². The lowest BCUT2D eigenvalue weighted by Crippen LogP contribution is -2.45. The van der Waals surface area contributed by atoms with Gasteiger partial charge in [0.15, 0.2) is 5.82 Å². The maximum atomic E-state index is 15.5. The molecule has 5 heterocycles. The number of piperidine rings is 1. The second-order valence-electron chi connectivity index (χ2n) is 9.44. The average Bonchev–Trinajstić information content (AvgIpc) is 2.84. The molecule has 178 valence electrons. The molecular weight excluding hydrogens is 446 g/mol. The summed E-state index contributed by atoms with van der Waals surface area (Å²) in [4.78, 5) is 18.5. The first kappa shape index (κ1) is 21.9. The van der Waals surface area contributed by atoms with Crippen LogP contribution in [0.3, 0.4) is 0 Å². The molecule has 0 radical (unpaired) electrons. The second-order valence-corrected chi connectivity index (χ2v) is 9.44. The predicted molar refractivity (Wildman–Crippen MR) is 133 cm³/mol. The van der Waals surface area contributed by atoms with Crippen molar-refractivity contribution in [2.45, 2.75) is 38.6 Å².